The molecular formula is C17H18F2N2. The Morgan fingerprint density at radius 2 is 1.95 bits per heavy atom. The summed E-state index contributed by atoms with van der Waals surface area (Å²) in [4.78, 5) is 0. The average molecular weight is 288 g/mol. The van der Waals surface area contributed by atoms with E-state index in [1.165, 1.54) is 17.7 Å². The molecule has 3 rings (SSSR count). The number of hydrogen-bond donors (Lipinski definition) is 2. The van der Waals surface area contributed by atoms with Crippen molar-refractivity contribution in [2.24, 2.45) is 5.84 Å². The number of aryl methyl sites for hydroxylation is 2. The fraction of sp³-hybridized carbons (Fsp3) is 0.294. The van der Waals surface area contributed by atoms with Crippen LogP contribution >= 0.6 is 0 Å². The van der Waals surface area contributed by atoms with Gasteiger partial charge in [0.1, 0.15) is 11.6 Å². The van der Waals surface area contributed by atoms with E-state index in [1.54, 1.807) is 6.92 Å². The van der Waals surface area contributed by atoms with Crippen LogP contribution in [0.4, 0.5) is 8.78 Å². The fourth-order valence-corrected chi connectivity index (χ4v) is 3.30. The molecule has 1 aliphatic rings. The molecule has 2 atom stereocenters. The van der Waals surface area contributed by atoms with E-state index in [0.717, 1.165) is 18.4 Å². The Bertz CT molecular complexity index is 670. The summed E-state index contributed by atoms with van der Waals surface area (Å²) in [7, 11) is 0. The quantitative estimate of drug-likeness (QED) is 0.670. The summed E-state index contributed by atoms with van der Waals surface area (Å²) in [5.74, 6) is 4.57. The Morgan fingerprint density at radius 3 is 2.71 bits per heavy atom. The molecule has 2 aromatic rings. The Kier molecular flexibility index (Phi) is 3.74. The van der Waals surface area contributed by atoms with Crippen molar-refractivity contribution in [1.82, 2.24) is 5.43 Å². The van der Waals surface area contributed by atoms with E-state index in [2.05, 4.69) is 11.5 Å². The number of halogens is 2. The lowest BCUT2D eigenvalue weighted by molar-refractivity contribution is 0.411. The van der Waals surface area contributed by atoms with Gasteiger partial charge in [0.2, 0.25) is 0 Å². The first kappa shape index (κ1) is 14.2. The van der Waals surface area contributed by atoms with Crippen molar-refractivity contribution >= 4 is 0 Å². The lowest BCUT2D eigenvalue weighted by Crippen LogP contribution is -2.33. The van der Waals surface area contributed by atoms with Crippen LogP contribution in [0.15, 0.2) is 36.4 Å². The minimum absolute atomic E-state index is 0.0167. The van der Waals surface area contributed by atoms with Gasteiger partial charge >= 0.3 is 0 Å². The van der Waals surface area contributed by atoms with Crippen LogP contribution in [-0.4, -0.2) is 0 Å². The van der Waals surface area contributed by atoms with Crippen LogP contribution in [0, 0.1) is 18.6 Å². The van der Waals surface area contributed by atoms with Crippen molar-refractivity contribution in [2.75, 3.05) is 0 Å². The first-order valence-corrected chi connectivity index (χ1v) is 7.12. The maximum Gasteiger partial charge on any atom is 0.133 e. The molecule has 0 aromatic heterocycles. The zero-order valence-corrected chi connectivity index (χ0v) is 11.9. The molecule has 2 nitrogen and oxygen atoms in total. The molecular weight excluding hydrogens is 270 g/mol. The van der Waals surface area contributed by atoms with Gasteiger partial charge in [0.25, 0.3) is 0 Å². The molecule has 21 heavy (non-hydrogen) atoms. The second-order valence-electron chi connectivity index (χ2n) is 5.58. The summed E-state index contributed by atoms with van der Waals surface area (Å²) < 4.78 is 28.6. The third-order valence-electron chi connectivity index (χ3n) is 4.39. The molecule has 4 heteroatoms. The maximum atomic E-state index is 14.4. The SMILES string of the molecule is Cc1ccc(F)c(C(NN)C2CCc3ccccc32)c1F. The third-order valence-corrected chi connectivity index (χ3v) is 4.39. The van der Waals surface area contributed by atoms with Gasteiger partial charge in [0, 0.05) is 11.5 Å². The molecule has 0 heterocycles. The van der Waals surface area contributed by atoms with E-state index < -0.39 is 17.7 Å². The normalized spacial score (nSPS) is 18.6. The van der Waals surface area contributed by atoms with Crippen molar-refractivity contribution in [3.05, 3.63) is 70.3 Å². The molecule has 0 aliphatic heterocycles. The van der Waals surface area contributed by atoms with E-state index in [9.17, 15) is 8.78 Å². The molecule has 2 aromatic carbocycles. The summed E-state index contributed by atoms with van der Waals surface area (Å²) in [5, 5.41) is 0. The van der Waals surface area contributed by atoms with E-state index in [4.69, 9.17) is 5.84 Å². The van der Waals surface area contributed by atoms with Gasteiger partial charge in [0.15, 0.2) is 0 Å². The Hall–Kier alpha value is -1.78. The largest absolute Gasteiger partial charge is 0.271 e. The van der Waals surface area contributed by atoms with E-state index in [1.807, 2.05) is 18.2 Å². The highest BCUT2D eigenvalue weighted by molar-refractivity contribution is 5.39. The average Bonchev–Trinajstić information content (AvgIpc) is 2.91. The van der Waals surface area contributed by atoms with E-state index in [-0.39, 0.29) is 11.5 Å². The zero-order chi connectivity index (χ0) is 15.0. The molecule has 0 fully saturated rings. The van der Waals surface area contributed by atoms with Crippen molar-refractivity contribution in [1.29, 1.82) is 0 Å². The minimum Gasteiger partial charge on any atom is -0.271 e. The number of nitrogens with two attached hydrogens (primary N) is 1. The van der Waals surface area contributed by atoms with Gasteiger partial charge in [-0.05, 0) is 42.5 Å². The number of nitrogens with one attached hydrogen (secondary N) is 1. The number of fused-ring (bicyclic) bond motifs is 1. The molecule has 0 amide bonds. The predicted octanol–water partition coefficient (Wildman–Crippen LogP) is 3.51. The first-order chi connectivity index (χ1) is 10.1. The predicted molar refractivity (Wildman–Crippen MR) is 78.7 cm³/mol. The number of hydrogen-bond acceptors (Lipinski definition) is 2. The molecule has 0 bridgehead atoms. The van der Waals surface area contributed by atoms with Crippen LogP contribution in [0.1, 0.15) is 40.6 Å². The molecule has 0 radical (unpaired) electrons. The monoisotopic (exact) mass is 288 g/mol. The van der Waals surface area contributed by atoms with Gasteiger partial charge in [-0.25, -0.2) is 8.78 Å². The second-order valence-corrected chi connectivity index (χ2v) is 5.58. The van der Waals surface area contributed by atoms with Crippen LogP contribution in [-0.2, 0) is 6.42 Å². The highest BCUT2D eigenvalue weighted by atomic mass is 19.1. The van der Waals surface area contributed by atoms with Gasteiger partial charge in [-0.2, -0.15) is 0 Å². The lowest BCUT2D eigenvalue weighted by Gasteiger charge is -2.25. The van der Waals surface area contributed by atoms with Crippen LogP contribution in [0.5, 0.6) is 0 Å². The fourth-order valence-electron chi connectivity index (χ4n) is 3.30. The molecule has 0 saturated carbocycles. The second kappa shape index (κ2) is 5.54. The van der Waals surface area contributed by atoms with Gasteiger partial charge in [0.05, 0.1) is 6.04 Å². The van der Waals surface area contributed by atoms with Crippen LogP contribution in [0.2, 0.25) is 0 Å². The summed E-state index contributed by atoms with van der Waals surface area (Å²) in [5.41, 5.74) is 5.46. The third kappa shape index (κ3) is 2.34. The maximum absolute atomic E-state index is 14.4. The van der Waals surface area contributed by atoms with Gasteiger partial charge in [-0.1, -0.05) is 30.3 Å². The van der Waals surface area contributed by atoms with Crippen molar-refractivity contribution < 1.29 is 8.78 Å². The molecule has 1 aliphatic carbocycles. The molecule has 3 N–H and O–H groups in total. The van der Waals surface area contributed by atoms with Crippen LogP contribution < -0.4 is 11.3 Å². The first-order valence-electron chi connectivity index (χ1n) is 7.12. The van der Waals surface area contributed by atoms with Crippen molar-refractivity contribution in [2.45, 2.75) is 31.7 Å². The highest BCUT2D eigenvalue weighted by Gasteiger charge is 2.33. The summed E-state index contributed by atoms with van der Waals surface area (Å²) >= 11 is 0. The zero-order valence-electron chi connectivity index (χ0n) is 11.9. The lowest BCUT2D eigenvalue weighted by atomic mass is 9.87. The number of benzene rings is 2. The standard InChI is InChI=1S/C17H18F2N2/c1-10-6-9-14(18)15(16(10)19)17(21-20)13-8-7-11-4-2-3-5-12(11)13/h2-6,9,13,17,21H,7-8,20H2,1H3. The van der Waals surface area contributed by atoms with Gasteiger partial charge in [-0.3, -0.25) is 11.3 Å². The minimum atomic E-state index is -0.562. The van der Waals surface area contributed by atoms with Crippen LogP contribution in [0.25, 0.3) is 0 Å². The van der Waals surface area contributed by atoms with E-state index in [0.29, 0.717) is 5.56 Å². The van der Waals surface area contributed by atoms with Crippen LogP contribution in [0.3, 0.4) is 0 Å². The smallest absolute Gasteiger partial charge is 0.133 e. The Morgan fingerprint density at radius 1 is 1.19 bits per heavy atom. The van der Waals surface area contributed by atoms with Gasteiger partial charge < -0.3 is 0 Å². The summed E-state index contributed by atoms with van der Waals surface area (Å²) in [6.45, 7) is 1.63. The molecule has 110 valence electrons. The molecule has 0 spiro atoms. The molecule has 0 saturated heterocycles. The Balaban J connectivity index is 2.07. The van der Waals surface area contributed by atoms with Gasteiger partial charge in [-0.15, -0.1) is 0 Å². The van der Waals surface area contributed by atoms with Crippen molar-refractivity contribution in [3.63, 3.8) is 0 Å². The van der Waals surface area contributed by atoms with E-state index >= 15 is 0 Å². The topological polar surface area (TPSA) is 38.0 Å². The molecule has 2 unspecified atom stereocenters. The summed E-state index contributed by atoms with van der Waals surface area (Å²) in [6.07, 6.45) is 1.75. The Labute approximate surface area is 122 Å². The van der Waals surface area contributed by atoms with Crippen molar-refractivity contribution in [3.8, 4) is 0 Å². The highest BCUT2D eigenvalue weighted by Crippen LogP contribution is 2.42. The number of rotatable bonds is 3. The summed E-state index contributed by atoms with van der Waals surface area (Å²) in [6, 6.07) is 10.2. The number of hydrazine groups is 1.